The van der Waals surface area contributed by atoms with Gasteiger partial charge >= 0.3 is 0 Å². The molecule has 0 aliphatic carbocycles. The number of pyridine rings is 1. The topological polar surface area (TPSA) is 83.4 Å². The summed E-state index contributed by atoms with van der Waals surface area (Å²) in [6.07, 6.45) is 1.81. The van der Waals surface area contributed by atoms with Crippen molar-refractivity contribution in [2.24, 2.45) is 0 Å². The van der Waals surface area contributed by atoms with Crippen LogP contribution in [0.3, 0.4) is 0 Å². The molecule has 1 aliphatic rings. The zero-order chi connectivity index (χ0) is 22.3. The number of rotatable bonds is 7. The minimum Gasteiger partial charge on any atom is -0.354 e. The largest absolute Gasteiger partial charge is 0.354 e. The molecule has 0 spiro atoms. The lowest BCUT2D eigenvalue weighted by atomic mass is 10.1. The normalized spacial score (nSPS) is 15.3. The second-order valence-corrected chi connectivity index (χ2v) is 8.02. The van der Waals surface area contributed by atoms with Crippen molar-refractivity contribution >= 4 is 11.7 Å². The van der Waals surface area contributed by atoms with Crippen LogP contribution in [0.1, 0.15) is 6.92 Å². The first-order valence-corrected chi connectivity index (χ1v) is 10.9. The standard InChI is InChI=1S/C24H28N6O2/c1-19(17-28-13-15-29(16-14-28)22-9-5-6-12-25-22)26-23(31)18-30-24(32)11-10-21(27-30)20-7-3-2-4-8-20/h2-12,19H,13-18H2,1H3,(H,26,31). The molecule has 4 rings (SSSR count). The molecule has 0 bridgehead atoms. The summed E-state index contributed by atoms with van der Waals surface area (Å²) in [5, 5.41) is 7.36. The van der Waals surface area contributed by atoms with Crippen LogP contribution in [0.4, 0.5) is 5.82 Å². The van der Waals surface area contributed by atoms with Crippen LogP contribution in [0.2, 0.25) is 0 Å². The lowest BCUT2D eigenvalue weighted by Crippen LogP contribution is -2.51. The summed E-state index contributed by atoms with van der Waals surface area (Å²) in [5.41, 5.74) is 1.27. The predicted molar refractivity (Wildman–Crippen MR) is 124 cm³/mol. The Morgan fingerprint density at radius 3 is 2.47 bits per heavy atom. The van der Waals surface area contributed by atoms with Gasteiger partial charge in [0.05, 0.1) is 5.69 Å². The first-order valence-electron chi connectivity index (χ1n) is 10.9. The Balaban J connectivity index is 1.28. The third-order valence-electron chi connectivity index (χ3n) is 5.51. The van der Waals surface area contributed by atoms with Crippen LogP contribution >= 0.6 is 0 Å². The predicted octanol–water partition coefficient (Wildman–Crippen LogP) is 1.63. The number of piperazine rings is 1. The third-order valence-corrected chi connectivity index (χ3v) is 5.51. The van der Waals surface area contributed by atoms with Crippen molar-refractivity contribution in [3.8, 4) is 11.3 Å². The van der Waals surface area contributed by atoms with Gasteiger partial charge in [0.2, 0.25) is 5.91 Å². The number of carbonyl (C=O) groups excluding carboxylic acids is 1. The first kappa shape index (κ1) is 21.7. The van der Waals surface area contributed by atoms with Crippen LogP contribution in [0.15, 0.2) is 71.7 Å². The molecule has 166 valence electrons. The van der Waals surface area contributed by atoms with Gasteiger partial charge in [-0.1, -0.05) is 36.4 Å². The van der Waals surface area contributed by atoms with Crippen LogP contribution in [0, 0.1) is 0 Å². The molecule has 0 saturated carbocycles. The Labute approximate surface area is 187 Å². The molecule has 3 heterocycles. The van der Waals surface area contributed by atoms with E-state index in [1.807, 2.05) is 61.7 Å². The van der Waals surface area contributed by atoms with E-state index in [-0.39, 0.29) is 24.1 Å². The smallest absolute Gasteiger partial charge is 0.267 e. The molecule has 1 N–H and O–H groups in total. The summed E-state index contributed by atoms with van der Waals surface area (Å²) in [6, 6.07) is 18.7. The summed E-state index contributed by atoms with van der Waals surface area (Å²) >= 11 is 0. The molecule has 1 atom stereocenters. The first-order chi connectivity index (χ1) is 15.6. The number of carbonyl (C=O) groups is 1. The van der Waals surface area contributed by atoms with Gasteiger partial charge in [0, 0.05) is 56.6 Å². The number of anilines is 1. The number of amides is 1. The molecule has 1 saturated heterocycles. The average Bonchev–Trinajstić information content (AvgIpc) is 2.82. The molecule has 8 nitrogen and oxygen atoms in total. The maximum Gasteiger partial charge on any atom is 0.267 e. The molecule has 1 aliphatic heterocycles. The zero-order valence-electron chi connectivity index (χ0n) is 18.2. The monoisotopic (exact) mass is 432 g/mol. The highest BCUT2D eigenvalue weighted by Crippen LogP contribution is 2.14. The molecule has 3 aromatic rings. The van der Waals surface area contributed by atoms with Crippen LogP contribution in [0.25, 0.3) is 11.3 Å². The lowest BCUT2D eigenvalue weighted by Gasteiger charge is -2.36. The molecule has 1 aromatic carbocycles. The number of hydrogen-bond donors (Lipinski definition) is 1. The minimum atomic E-state index is -0.293. The van der Waals surface area contributed by atoms with Crippen molar-refractivity contribution < 1.29 is 4.79 Å². The average molecular weight is 433 g/mol. The van der Waals surface area contributed by atoms with E-state index in [9.17, 15) is 9.59 Å². The molecule has 0 radical (unpaired) electrons. The lowest BCUT2D eigenvalue weighted by molar-refractivity contribution is -0.122. The minimum absolute atomic E-state index is 0.0306. The Bertz CT molecular complexity index is 1080. The Morgan fingerprint density at radius 1 is 1.00 bits per heavy atom. The van der Waals surface area contributed by atoms with E-state index in [0.29, 0.717) is 5.69 Å². The summed E-state index contributed by atoms with van der Waals surface area (Å²) in [7, 11) is 0. The van der Waals surface area contributed by atoms with Crippen LogP contribution in [-0.2, 0) is 11.3 Å². The van der Waals surface area contributed by atoms with Gasteiger partial charge in [-0.2, -0.15) is 5.10 Å². The summed E-state index contributed by atoms with van der Waals surface area (Å²) in [6.45, 7) is 6.28. The number of nitrogens with zero attached hydrogens (tertiary/aromatic N) is 5. The Morgan fingerprint density at radius 2 is 1.75 bits per heavy atom. The summed E-state index contributed by atoms with van der Waals surface area (Å²) in [5.74, 6) is 0.786. The van der Waals surface area contributed by atoms with Gasteiger partial charge in [-0.15, -0.1) is 0 Å². The van der Waals surface area contributed by atoms with Crippen molar-refractivity contribution in [3.05, 3.63) is 77.2 Å². The van der Waals surface area contributed by atoms with Gasteiger partial charge in [-0.25, -0.2) is 9.67 Å². The Kier molecular flexibility index (Phi) is 6.91. The highest BCUT2D eigenvalue weighted by molar-refractivity contribution is 5.76. The van der Waals surface area contributed by atoms with Crippen LogP contribution < -0.4 is 15.8 Å². The highest BCUT2D eigenvalue weighted by Gasteiger charge is 2.20. The zero-order valence-corrected chi connectivity index (χ0v) is 18.2. The maximum atomic E-state index is 12.6. The fourth-order valence-corrected chi connectivity index (χ4v) is 3.91. The second kappa shape index (κ2) is 10.2. The third kappa shape index (κ3) is 5.59. The number of hydrogen-bond acceptors (Lipinski definition) is 6. The number of benzene rings is 1. The van der Waals surface area contributed by atoms with E-state index in [4.69, 9.17) is 0 Å². The number of nitrogens with one attached hydrogen (secondary N) is 1. The van der Waals surface area contributed by atoms with Gasteiger partial charge in [0.1, 0.15) is 12.4 Å². The van der Waals surface area contributed by atoms with Gasteiger partial charge < -0.3 is 10.2 Å². The molecule has 1 amide bonds. The molecule has 2 aromatic heterocycles. The molecular formula is C24H28N6O2. The fraction of sp³-hybridized carbons (Fsp3) is 0.333. The van der Waals surface area contributed by atoms with Crippen molar-refractivity contribution in [1.82, 2.24) is 25.0 Å². The van der Waals surface area contributed by atoms with E-state index < -0.39 is 0 Å². The van der Waals surface area contributed by atoms with Gasteiger partial charge in [-0.05, 0) is 25.1 Å². The summed E-state index contributed by atoms with van der Waals surface area (Å²) in [4.78, 5) is 33.8. The van der Waals surface area contributed by atoms with E-state index in [1.54, 1.807) is 6.07 Å². The molecule has 1 unspecified atom stereocenters. The SMILES string of the molecule is CC(CN1CCN(c2ccccn2)CC1)NC(=O)Cn1nc(-c2ccccc2)ccc1=O. The Hall–Kier alpha value is -3.52. The second-order valence-electron chi connectivity index (χ2n) is 8.02. The van der Waals surface area contributed by atoms with Gasteiger partial charge in [0.15, 0.2) is 0 Å². The molecule has 8 heteroatoms. The summed E-state index contributed by atoms with van der Waals surface area (Å²) < 4.78 is 1.22. The highest BCUT2D eigenvalue weighted by atomic mass is 16.2. The van der Waals surface area contributed by atoms with Crippen molar-refractivity contribution in [1.29, 1.82) is 0 Å². The van der Waals surface area contributed by atoms with Crippen LogP contribution in [0.5, 0.6) is 0 Å². The van der Waals surface area contributed by atoms with E-state index in [1.165, 1.54) is 10.7 Å². The van der Waals surface area contributed by atoms with Crippen molar-refractivity contribution in [3.63, 3.8) is 0 Å². The van der Waals surface area contributed by atoms with Crippen LogP contribution in [-0.4, -0.2) is 64.3 Å². The van der Waals surface area contributed by atoms with Gasteiger partial charge in [0.25, 0.3) is 5.56 Å². The quantitative estimate of drug-likeness (QED) is 0.611. The molecular weight excluding hydrogens is 404 g/mol. The van der Waals surface area contributed by atoms with E-state index in [2.05, 4.69) is 25.2 Å². The fourth-order valence-electron chi connectivity index (χ4n) is 3.91. The van der Waals surface area contributed by atoms with E-state index in [0.717, 1.165) is 44.1 Å². The van der Waals surface area contributed by atoms with Crippen molar-refractivity contribution in [2.75, 3.05) is 37.6 Å². The van der Waals surface area contributed by atoms with Crippen molar-refractivity contribution in [2.45, 2.75) is 19.5 Å². The molecule has 32 heavy (non-hydrogen) atoms. The number of aromatic nitrogens is 3. The molecule has 1 fully saturated rings. The van der Waals surface area contributed by atoms with E-state index >= 15 is 0 Å². The van der Waals surface area contributed by atoms with Gasteiger partial charge in [-0.3, -0.25) is 14.5 Å². The maximum absolute atomic E-state index is 12.6.